The SMILES string of the molecule is COc1ccc(C)cc1COc1ccccc1C(N)=NO. The Labute approximate surface area is 123 Å². The zero-order chi connectivity index (χ0) is 15.2. The molecule has 0 saturated carbocycles. The van der Waals surface area contributed by atoms with Gasteiger partial charge in [-0.3, -0.25) is 0 Å². The molecule has 0 atom stereocenters. The highest BCUT2D eigenvalue weighted by Gasteiger charge is 2.09. The molecule has 0 bridgehead atoms. The number of nitrogens with two attached hydrogens (primary N) is 1. The summed E-state index contributed by atoms with van der Waals surface area (Å²) >= 11 is 0. The largest absolute Gasteiger partial charge is 0.496 e. The van der Waals surface area contributed by atoms with Crippen molar-refractivity contribution >= 4 is 5.84 Å². The van der Waals surface area contributed by atoms with E-state index in [9.17, 15) is 0 Å². The van der Waals surface area contributed by atoms with E-state index in [1.807, 2.05) is 31.2 Å². The van der Waals surface area contributed by atoms with Crippen LogP contribution in [0.15, 0.2) is 47.6 Å². The molecule has 0 unspecified atom stereocenters. The summed E-state index contributed by atoms with van der Waals surface area (Å²) in [4.78, 5) is 0. The van der Waals surface area contributed by atoms with Gasteiger partial charge < -0.3 is 20.4 Å². The molecule has 0 heterocycles. The molecule has 2 aromatic carbocycles. The number of methoxy groups -OCH3 is 1. The first-order valence-electron chi connectivity index (χ1n) is 6.49. The van der Waals surface area contributed by atoms with Crippen LogP contribution in [-0.4, -0.2) is 18.2 Å². The minimum Gasteiger partial charge on any atom is -0.496 e. The number of ether oxygens (including phenoxy) is 2. The molecule has 0 saturated heterocycles. The topological polar surface area (TPSA) is 77.1 Å². The fourth-order valence-corrected chi connectivity index (χ4v) is 2.03. The number of rotatable bonds is 5. The van der Waals surface area contributed by atoms with Crippen molar-refractivity contribution in [3.05, 3.63) is 59.2 Å². The number of para-hydroxylation sites is 1. The van der Waals surface area contributed by atoms with Crippen LogP contribution in [0.4, 0.5) is 0 Å². The smallest absolute Gasteiger partial charge is 0.173 e. The number of nitrogens with zero attached hydrogens (tertiary/aromatic N) is 1. The summed E-state index contributed by atoms with van der Waals surface area (Å²) in [5.74, 6) is 1.33. The van der Waals surface area contributed by atoms with Gasteiger partial charge in [-0.1, -0.05) is 28.9 Å². The Kier molecular flexibility index (Phi) is 4.66. The molecule has 2 rings (SSSR count). The van der Waals surface area contributed by atoms with Crippen LogP contribution in [0.5, 0.6) is 11.5 Å². The molecule has 0 aromatic heterocycles. The molecule has 5 nitrogen and oxygen atoms in total. The maximum Gasteiger partial charge on any atom is 0.173 e. The summed E-state index contributed by atoms with van der Waals surface area (Å²) in [6.45, 7) is 2.34. The molecule has 0 aliphatic heterocycles. The first kappa shape index (κ1) is 14.7. The molecule has 0 amide bonds. The Hall–Kier alpha value is -2.69. The van der Waals surface area contributed by atoms with Gasteiger partial charge in [-0.25, -0.2) is 0 Å². The monoisotopic (exact) mass is 286 g/mol. The lowest BCUT2D eigenvalue weighted by Crippen LogP contribution is -2.14. The minimum atomic E-state index is 0.0156. The summed E-state index contributed by atoms with van der Waals surface area (Å²) in [5, 5.41) is 11.8. The van der Waals surface area contributed by atoms with Gasteiger partial charge in [0.1, 0.15) is 18.1 Å². The van der Waals surface area contributed by atoms with Crippen LogP contribution in [0.3, 0.4) is 0 Å². The molecule has 0 aliphatic carbocycles. The highest BCUT2D eigenvalue weighted by atomic mass is 16.5. The highest BCUT2D eigenvalue weighted by Crippen LogP contribution is 2.24. The van der Waals surface area contributed by atoms with Gasteiger partial charge in [0.25, 0.3) is 0 Å². The predicted octanol–water partition coefficient (Wildman–Crippen LogP) is 2.68. The molecular formula is C16H18N2O3. The number of benzene rings is 2. The third kappa shape index (κ3) is 3.45. The van der Waals surface area contributed by atoms with Gasteiger partial charge in [0, 0.05) is 5.56 Å². The first-order valence-corrected chi connectivity index (χ1v) is 6.49. The maximum absolute atomic E-state index is 8.80. The van der Waals surface area contributed by atoms with Crippen LogP contribution in [0.1, 0.15) is 16.7 Å². The number of hydrogen-bond acceptors (Lipinski definition) is 4. The maximum atomic E-state index is 8.80. The fraction of sp³-hybridized carbons (Fsp3) is 0.188. The fourth-order valence-electron chi connectivity index (χ4n) is 2.03. The number of aryl methyl sites for hydroxylation is 1. The van der Waals surface area contributed by atoms with E-state index in [2.05, 4.69) is 5.16 Å². The van der Waals surface area contributed by atoms with Crippen LogP contribution in [0.25, 0.3) is 0 Å². The summed E-state index contributed by atoms with van der Waals surface area (Å²) in [7, 11) is 1.62. The molecule has 5 heteroatoms. The first-order chi connectivity index (χ1) is 10.2. The standard InChI is InChI=1S/C16H18N2O3/c1-11-7-8-14(20-2)12(9-11)10-21-15-6-4-3-5-13(15)16(17)18-19/h3-9,19H,10H2,1-2H3,(H2,17,18). The molecule has 0 fully saturated rings. The van der Waals surface area contributed by atoms with Crippen molar-refractivity contribution in [2.24, 2.45) is 10.9 Å². The Morgan fingerprint density at radius 2 is 1.95 bits per heavy atom. The lowest BCUT2D eigenvalue weighted by atomic mass is 10.1. The molecule has 2 aromatic rings. The average molecular weight is 286 g/mol. The summed E-state index contributed by atoms with van der Waals surface area (Å²) in [6.07, 6.45) is 0. The number of hydrogen-bond donors (Lipinski definition) is 2. The van der Waals surface area contributed by atoms with Crippen LogP contribution >= 0.6 is 0 Å². The molecule has 21 heavy (non-hydrogen) atoms. The van der Waals surface area contributed by atoms with Crippen LogP contribution in [0, 0.1) is 6.92 Å². The van der Waals surface area contributed by atoms with Crippen molar-refractivity contribution in [3.8, 4) is 11.5 Å². The van der Waals surface area contributed by atoms with Crippen molar-refractivity contribution in [2.75, 3.05) is 7.11 Å². The quantitative estimate of drug-likeness (QED) is 0.383. The van der Waals surface area contributed by atoms with E-state index in [-0.39, 0.29) is 5.84 Å². The van der Waals surface area contributed by atoms with E-state index in [4.69, 9.17) is 20.4 Å². The molecule has 0 spiro atoms. The summed E-state index contributed by atoms with van der Waals surface area (Å²) < 4.78 is 11.1. The average Bonchev–Trinajstić information content (AvgIpc) is 2.52. The second kappa shape index (κ2) is 6.65. The molecule has 0 radical (unpaired) electrons. The van der Waals surface area contributed by atoms with Gasteiger partial charge in [-0.05, 0) is 31.2 Å². The van der Waals surface area contributed by atoms with Gasteiger partial charge >= 0.3 is 0 Å². The van der Waals surface area contributed by atoms with Crippen molar-refractivity contribution in [1.82, 2.24) is 0 Å². The van der Waals surface area contributed by atoms with Gasteiger partial charge in [0.15, 0.2) is 5.84 Å². The van der Waals surface area contributed by atoms with Crippen molar-refractivity contribution in [1.29, 1.82) is 0 Å². The number of oxime groups is 1. The van der Waals surface area contributed by atoms with E-state index < -0.39 is 0 Å². The van der Waals surface area contributed by atoms with Gasteiger partial charge in [0.2, 0.25) is 0 Å². The van der Waals surface area contributed by atoms with Crippen molar-refractivity contribution in [2.45, 2.75) is 13.5 Å². The van der Waals surface area contributed by atoms with E-state index >= 15 is 0 Å². The van der Waals surface area contributed by atoms with Crippen LogP contribution < -0.4 is 15.2 Å². The van der Waals surface area contributed by atoms with Crippen LogP contribution in [0.2, 0.25) is 0 Å². The minimum absolute atomic E-state index is 0.0156. The molecular weight excluding hydrogens is 268 g/mol. The third-order valence-corrected chi connectivity index (χ3v) is 3.09. The highest BCUT2D eigenvalue weighted by molar-refractivity contribution is 5.99. The number of amidine groups is 1. The Balaban J connectivity index is 2.23. The van der Waals surface area contributed by atoms with Crippen molar-refractivity contribution < 1.29 is 14.7 Å². The second-order valence-corrected chi connectivity index (χ2v) is 4.59. The molecule has 3 N–H and O–H groups in total. The lowest BCUT2D eigenvalue weighted by molar-refractivity contribution is 0.294. The molecule has 110 valence electrons. The summed E-state index contributed by atoms with van der Waals surface area (Å²) in [6, 6.07) is 13.0. The zero-order valence-corrected chi connectivity index (χ0v) is 12.0. The van der Waals surface area contributed by atoms with E-state index in [0.29, 0.717) is 17.9 Å². The predicted molar refractivity (Wildman–Crippen MR) is 81.0 cm³/mol. The molecule has 0 aliphatic rings. The normalized spacial score (nSPS) is 11.2. The Bertz CT molecular complexity index is 654. The van der Waals surface area contributed by atoms with E-state index in [1.54, 1.807) is 25.3 Å². The summed E-state index contributed by atoms with van der Waals surface area (Å²) in [5.41, 5.74) is 8.25. The Morgan fingerprint density at radius 1 is 1.19 bits per heavy atom. The lowest BCUT2D eigenvalue weighted by Gasteiger charge is -2.13. The zero-order valence-electron chi connectivity index (χ0n) is 12.0. The van der Waals surface area contributed by atoms with Gasteiger partial charge in [-0.2, -0.15) is 0 Å². The second-order valence-electron chi connectivity index (χ2n) is 4.59. The van der Waals surface area contributed by atoms with E-state index in [1.165, 1.54) is 0 Å². The van der Waals surface area contributed by atoms with Gasteiger partial charge in [0.05, 0.1) is 12.7 Å². The van der Waals surface area contributed by atoms with Gasteiger partial charge in [-0.15, -0.1) is 0 Å². The van der Waals surface area contributed by atoms with Crippen LogP contribution in [-0.2, 0) is 6.61 Å². The van der Waals surface area contributed by atoms with E-state index in [0.717, 1.165) is 16.9 Å². The Morgan fingerprint density at radius 3 is 2.67 bits per heavy atom. The third-order valence-electron chi connectivity index (χ3n) is 3.09. The van der Waals surface area contributed by atoms with Crippen molar-refractivity contribution in [3.63, 3.8) is 0 Å².